The summed E-state index contributed by atoms with van der Waals surface area (Å²) in [7, 11) is 1.87. The van der Waals surface area contributed by atoms with Gasteiger partial charge >= 0.3 is 0 Å². The Morgan fingerprint density at radius 3 is 3.11 bits per heavy atom. The quantitative estimate of drug-likeness (QED) is 0.825. The number of carbonyl (C=O) groups is 1. The minimum Gasteiger partial charge on any atom is -0.337 e. The van der Waals surface area contributed by atoms with Crippen molar-refractivity contribution in [1.82, 2.24) is 20.0 Å². The van der Waals surface area contributed by atoms with Gasteiger partial charge in [-0.25, -0.2) is 0 Å². The molecule has 5 nitrogen and oxygen atoms in total. The normalized spacial score (nSPS) is 26.7. The van der Waals surface area contributed by atoms with E-state index in [1.165, 1.54) is 6.42 Å². The fourth-order valence-electron chi connectivity index (χ4n) is 3.16. The molecule has 1 aromatic rings. The molecule has 0 aromatic carbocycles. The van der Waals surface area contributed by atoms with E-state index in [1.54, 1.807) is 4.68 Å². The Bertz CT molecular complexity index is 456. The van der Waals surface area contributed by atoms with Gasteiger partial charge in [0.2, 0.25) is 0 Å². The number of amides is 1. The molecular weight excluding hydrogens is 228 g/mol. The molecule has 2 fully saturated rings. The number of likely N-dealkylation sites (tertiary alicyclic amines) is 1. The number of nitrogens with zero attached hydrogens (tertiary/aromatic N) is 3. The molecule has 3 heterocycles. The smallest absolute Gasteiger partial charge is 0.257 e. The van der Waals surface area contributed by atoms with E-state index in [9.17, 15) is 4.79 Å². The Balaban J connectivity index is 1.78. The highest BCUT2D eigenvalue weighted by atomic mass is 16.2. The lowest BCUT2D eigenvalue weighted by Crippen LogP contribution is -2.34. The third-order valence-electron chi connectivity index (χ3n) is 4.12. The zero-order valence-corrected chi connectivity index (χ0v) is 11.0. The average molecular weight is 248 g/mol. The first-order valence-corrected chi connectivity index (χ1v) is 6.74. The molecule has 2 atom stereocenters. The summed E-state index contributed by atoms with van der Waals surface area (Å²) in [5.41, 5.74) is 1.69. The Morgan fingerprint density at radius 1 is 1.56 bits per heavy atom. The van der Waals surface area contributed by atoms with E-state index in [0.29, 0.717) is 12.0 Å². The van der Waals surface area contributed by atoms with Gasteiger partial charge < -0.3 is 10.2 Å². The number of aryl methyl sites for hydroxylation is 2. The molecular formula is C13H20N4O. The molecule has 2 aliphatic rings. The van der Waals surface area contributed by atoms with Crippen LogP contribution < -0.4 is 5.32 Å². The van der Waals surface area contributed by atoms with Crippen molar-refractivity contribution in [1.29, 1.82) is 0 Å². The number of rotatable bonds is 2. The first-order valence-electron chi connectivity index (χ1n) is 6.74. The second kappa shape index (κ2) is 4.39. The summed E-state index contributed by atoms with van der Waals surface area (Å²) in [5.74, 6) is 0.798. The van der Waals surface area contributed by atoms with Crippen molar-refractivity contribution in [2.24, 2.45) is 13.0 Å². The highest BCUT2D eigenvalue weighted by molar-refractivity contribution is 5.95. The third-order valence-corrected chi connectivity index (χ3v) is 4.12. The first kappa shape index (κ1) is 11.7. The van der Waals surface area contributed by atoms with E-state index in [1.807, 2.05) is 25.1 Å². The number of carbonyl (C=O) groups excluding carboxylic acids is 1. The summed E-state index contributed by atoms with van der Waals surface area (Å²) >= 11 is 0. The summed E-state index contributed by atoms with van der Waals surface area (Å²) in [4.78, 5) is 14.5. The average Bonchev–Trinajstić information content (AvgIpc) is 3.00. The fourth-order valence-corrected chi connectivity index (χ4v) is 3.16. The third kappa shape index (κ3) is 1.82. The maximum atomic E-state index is 12.5. The summed E-state index contributed by atoms with van der Waals surface area (Å²) in [6.45, 7) is 4.89. The van der Waals surface area contributed by atoms with Gasteiger partial charge in [0.25, 0.3) is 5.91 Å². The van der Waals surface area contributed by atoms with Gasteiger partial charge in [0.15, 0.2) is 0 Å². The highest BCUT2D eigenvalue weighted by Gasteiger charge is 2.38. The molecule has 3 rings (SSSR count). The Hall–Kier alpha value is -1.36. The number of nitrogens with one attached hydrogen (secondary N) is 1. The van der Waals surface area contributed by atoms with Crippen molar-refractivity contribution in [3.63, 3.8) is 0 Å². The molecule has 98 valence electrons. The highest BCUT2D eigenvalue weighted by Crippen LogP contribution is 2.26. The Labute approximate surface area is 107 Å². The summed E-state index contributed by atoms with van der Waals surface area (Å²) in [5, 5.41) is 7.82. The van der Waals surface area contributed by atoms with Crippen molar-refractivity contribution in [2.45, 2.75) is 25.8 Å². The van der Waals surface area contributed by atoms with E-state index in [0.717, 1.165) is 37.3 Å². The maximum Gasteiger partial charge on any atom is 0.257 e. The summed E-state index contributed by atoms with van der Waals surface area (Å²) in [6, 6.07) is 0.510. The molecule has 1 amide bonds. The van der Waals surface area contributed by atoms with Crippen molar-refractivity contribution < 1.29 is 4.79 Å². The standard InChI is InChI=1S/C13H20N4O/c1-3-11-10(7-16(2)15-11)13(18)17-6-9-4-5-14-12(9)8-17/h7,9,12,14H,3-6,8H2,1-2H3/t9-,12+/m0/s1. The van der Waals surface area contributed by atoms with Crippen LogP contribution in [0.15, 0.2) is 6.20 Å². The SMILES string of the molecule is CCc1nn(C)cc1C(=O)N1C[C@@H]2CCN[C@@H]2C1. The van der Waals surface area contributed by atoms with Crippen LogP contribution in [0.2, 0.25) is 0 Å². The number of hydrogen-bond donors (Lipinski definition) is 1. The molecule has 2 aliphatic heterocycles. The maximum absolute atomic E-state index is 12.5. The number of aromatic nitrogens is 2. The summed E-state index contributed by atoms with van der Waals surface area (Å²) in [6.07, 6.45) is 3.85. The minimum absolute atomic E-state index is 0.149. The Morgan fingerprint density at radius 2 is 2.39 bits per heavy atom. The van der Waals surface area contributed by atoms with Crippen LogP contribution in [-0.4, -0.2) is 46.3 Å². The topological polar surface area (TPSA) is 50.2 Å². The van der Waals surface area contributed by atoms with Crippen molar-refractivity contribution in [2.75, 3.05) is 19.6 Å². The molecule has 0 bridgehead atoms. The monoisotopic (exact) mass is 248 g/mol. The number of fused-ring (bicyclic) bond motifs is 1. The molecule has 5 heteroatoms. The van der Waals surface area contributed by atoms with Gasteiger partial charge in [-0.1, -0.05) is 6.92 Å². The molecule has 0 saturated carbocycles. The molecule has 18 heavy (non-hydrogen) atoms. The molecule has 1 aromatic heterocycles. The Kier molecular flexibility index (Phi) is 2.86. The van der Waals surface area contributed by atoms with Crippen LogP contribution in [0.4, 0.5) is 0 Å². The zero-order valence-electron chi connectivity index (χ0n) is 11.0. The van der Waals surface area contributed by atoms with Crippen LogP contribution in [0.25, 0.3) is 0 Å². The fraction of sp³-hybridized carbons (Fsp3) is 0.692. The van der Waals surface area contributed by atoms with Gasteiger partial charge in [-0.15, -0.1) is 0 Å². The van der Waals surface area contributed by atoms with Crippen LogP contribution in [0.3, 0.4) is 0 Å². The van der Waals surface area contributed by atoms with E-state index >= 15 is 0 Å². The van der Waals surface area contributed by atoms with Gasteiger partial charge in [-0.3, -0.25) is 9.48 Å². The summed E-state index contributed by atoms with van der Waals surface area (Å²) < 4.78 is 1.74. The lowest BCUT2D eigenvalue weighted by molar-refractivity contribution is 0.0781. The predicted octanol–water partition coefficient (Wildman–Crippen LogP) is 0.416. The second-order valence-corrected chi connectivity index (χ2v) is 5.34. The van der Waals surface area contributed by atoms with E-state index < -0.39 is 0 Å². The van der Waals surface area contributed by atoms with Crippen LogP contribution in [0.5, 0.6) is 0 Å². The number of hydrogen-bond acceptors (Lipinski definition) is 3. The van der Waals surface area contributed by atoms with Crippen LogP contribution >= 0.6 is 0 Å². The van der Waals surface area contributed by atoms with Gasteiger partial charge in [-0.05, 0) is 25.3 Å². The minimum atomic E-state index is 0.149. The van der Waals surface area contributed by atoms with Gasteiger partial charge in [0, 0.05) is 32.4 Å². The van der Waals surface area contributed by atoms with Gasteiger partial charge in [-0.2, -0.15) is 5.10 Å². The van der Waals surface area contributed by atoms with E-state index in [4.69, 9.17) is 0 Å². The molecule has 0 spiro atoms. The van der Waals surface area contributed by atoms with E-state index in [2.05, 4.69) is 10.4 Å². The van der Waals surface area contributed by atoms with Crippen molar-refractivity contribution in [3.8, 4) is 0 Å². The first-order chi connectivity index (χ1) is 8.69. The molecule has 1 N–H and O–H groups in total. The van der Waals surface area contributed by atoms with Crippen molar-refractivity contribution in [3.05, 3.63) is 17.5 Å². The lowest BCUT2D eigenvalue weighted by atomic mass is 10.1. The van der Waals surface area contributed by atoms with Crippen LogP contribution in [0, 0.1) is 5.92 Å². The molecule has 0 radical (unpaired) electrons. The van der Waals surface area contributed by atoms with E-state index in [-0.39, 0.29) is 5.91 Å². The lowest BCUT2D eigenvalue weighted by Gasteiger charge is -2.17. The van der Waals surface area contributed by atoms with Gasteiger partial charge in [0.1, 0.15) is 0 Å². The van der Waals surface area contributed by atoms with Gasteiger partial charge in [0.05, 0.1) is 11.3 Å². The second-order valence-electron chi connectivity index (χ2n) is 5.34. The van der Waals surface area contributed by atoms with Crippen molar-refractivity contribution >= 4 is 5.91 Å². The van der Waals surface area contributed by atoms with Crippen LogP contribution in [0.1, 0.15) is 29.4 Å². The zero-order chi connectivity index (χ0) is 12.7. The molecule has 0 unspecified atom stereocenters. The largest absolute Gasteiger partial charge is 0.337 e. The molecule has 0 aliphatic carbocycles. The van der Waals surface area contributed by atoms with Crippen LogP contribution in [-0.2, 0) is 13.5 Å². The molecule has 2 saturated heterocycles. The predicted molar refractivity (Wildman–Crippen MR) is 68.4 cm³/mol.